The number of aromatic nitrogens is 4. The second kappa shape index (κ2) is 7.65. The molecule has 27 heavy (non-hydrogen) atoms. The van der Waals surface area contributed by atoms with Gasteiger partial charge in [-0.15, -0.1) is 0 Å². The van der Waals surface area contributed by atoms with E-state index in [1.54, 1.807) is 54.3 Å². The van der Waals surface area contributed by atoms with Crippen molar-refractivity contribution >= 4 is 17.6 Å². The molecule has 0 fully saturated rings. The Morgan fingerprint density at radius 3 is 2.70 bits per heavy atom. The third kappa shape index (κ3) is 3.92. The highest BCUT2D eigenvalue weighted by Gasteiger charge is 2.27. The summed E-state index contributed by atoms with van der Waals surface area (Å²) in [6.45, 7) is 1.73. The van der Waals surface area contributed by atoms with Crippen molar-refractivity contribution in [2.45, 2.75) is 19.4 Å². The summed E-state index contributed by atoms with van der Waals surface area (Å²) in [7, 11) is 0. The Kier molecular flexibility index (Phi) is 5.11. The molecular weight excluding hydrogens is 348 g/mol. The molecule has 0 bridgehead atoms. The molecule has 3 rings (SSSR count). The summed E-state index contributed by atoms with van der Waals surface area (Å²) >= 11 is 0. The van der Waals surface area contributed by atoms with E-state index in [2.05, 4.69) is 20.3 Å². The van der Waals surface area contributed by atoms with Crippen molar-refractivity contribution in [3.63, 3.8) is 0 Å². The fraction of sp³-hybridized carbons (Fsp3) is 0.167. The van der Waals surface area contributed by atoms with Crippen molar-refractivity contribution in [3.8, 4) is 5.82 Å². The fourth-order valence-electron chi connectivity index (χ4n) is 2.71. The van der Waals surface area contributed by atoms with Crippen LogP contribution >= 0.6 is 0 Å². The number of rotatable bonds is 7. The lowest BCUT2D eigenvalue weighted by molar-refractivity contribution is -0.137. The number of hydrogen-bond acceptors (Lipinski definition) is 5. The molecule has 0 saturated carbocycles. The van der Waals surface area contributed by atoms with E-state index in [4.69, 9.17) is 5.73 Å². The first-order valence-corrected chi connectivity index (χ1v) is 8.19. The highest BCUT2D eigenvalue weighted by atomic mass is 16.2. The predicted molar refractivity (Wildman–Crippen MR) is 96.0 cm³/mol. The molecule has 3 aromatic rings. The van der Waals surface area contributed by atoms with E-state index in [1.807, 2.05) is 0 Å². The van der Waals surface area contributed by atoms with Gasteiger partial charge in [-0.25, -0.2) is 9.97 Å². The lowest BCUT2D eigenvalue weighted by Gasteiger charge is -2.16. The van der Waals surface area contributed by atoms with Gasteiger partial charge < -0.3 is 16.0 Å². The van der Waals surface area contributed by atoms with Crippen molar-refractivity contribution in [1.29, 1.82) is 0 Å². The molecule has 2 amide bonds. The number of ketones is 1. The van der Waals surface area contributed by atoms with E-state index in [0.29, 0.717) is 11.6 Å². The van der Waals surface area contributed by atoms with Gasteiger partial charge in [0.05, 0.1) is 6.20 Å². The van der Waals surface area contributed by atoms with E-state index >= 15 is 0 Å². The van der Waals surface area contributed by atoms with Gasteiger partial charge in [0, 0.05) is 25.0 Å². The van der Waals surface area contributed by atoms with Crippen LogP contribution in [0.5, 0.6) is 0 Å². The summed E-state index contributed by atoms with van der Waals surface area (Å²) in [6.07, 6.45) is 6.48. The van der Waals surface area contributed by atoms with Gasteiger partial charge >= 0.3 is 0 Å². The number of imidazole rings is 1. The van der Waals surface area contributed by atoms with Crippen LogP contribution in [-0.2, 0) is 16.0 Å². The van der Waals surface area contributed by atoms with E-state index < -0.39 is 23.6 Å². The van der Waals surface area contributed by atoms with Crippen LogP contribution in [0.1, 0.15) is 21.9 Å². The van der Waals surface area contributed by atoms with Crippen molar-refractivity contribution in [3.05, 3.63) is 66.1 Å². The number of H-pyrrole nitrogens is 1. The van der Waals surface area contributed by atoms with Crippen LogP contribution < -0.4 is 11.1 Å². The van der Waals surface area contributed by atoms with Crippen LogP contribution in [0.3, 0.4) is 0 Å². The standard InChI is InChI=1S/C18H18N6O3/c1-11-22-10-14(24(11)15-4-2-3-6-21-15)18(27)23-13(16(25)17(19)26)8-12-5-7-20-9-12/h2-7,9-10,13,20H,8H2,1H3,(H2,19,26)(H,23,27). The normalized spacial score (nSPS) is 11.7. The molecule has 0 radical (unpaired) electrons. The maximum atomic E-state index is 12.8. The number of nitrogens with two attached hydrogens (primary N) is 1. The largest absolute Gasteiger partial charge is 0.367 e. The number of nitrogens with one attached hydrogen (secondary N) is 2. The number of primary amides is 1. The van der Waals surface area contributed by atoms with Gasteiger partial charge in [0.1, 0.15) is 23.4 Å². The second-order valence-corrected chi connectivity index (χ2v) is 5.89. The van der Waals surface area contributed by atoms with Gasteiger partial charge in [-0.05, 0) is 30.7 Å². The average molecular weight is 366 g/mol. The lowest BCUT2D eigenvalue weighted by Crippen LogP contribution is -2.47. The number of hydrogen-bond donors (Lipinski definition) is 3. The van der Waals surface area contributed by atoms with Crippen molar-refractivity contribution in [2.24, 2.45) is 5.73 Å². The third-order valence-electron chi connectivity index (χ3n) is 4.02. The van der Waals surface area contributed by atoms with Crippen molar-refractivity contribution in [2.75, 3.05) is 0 Å². The van der Waals surface area contributed by atoms with Crippen LogP contribution in [0.2, 0.25) is 0 Å². The molecule has 0 spiro atoms. The molecule has 1 unspecified atom stereocenters. The SMILES string of the molecule is Cc1ncc(C(=O)NC(Cc2cc[nH]c2)C(=O)C(N)=O)n1-c1ccccn1. The molecule has 1 atom stereocenters. The van der Waals surface area contributed by atoms with Gasteiger partial charge in [0.25, 0.3) is 11.8 Å². The fourth-order valence-corrected chi connectivity index (χ4v) is 2.71. The maximum Gasteiger partial charge on any atom is 0.287 e. The lowest BCUT2D eigenvalue weighted by atomic mass is 10.0. The van der Waals surface area contributed by atoms with Gasteiger partial charge in [-0.1, -0.05) is 6.07 Å². The summed E-state index contributed by atoms with van der Waals surface area (Å²) in [4.78, 5) is 47.6. The summed E-state index contributed by atoms with van der Waals surface area (Å²) in [6, 6.07) is 5.94. The first-order valence-electron chi connectivity index (χ1n) is 8.19. The van der Waals surface area contributed by atoms with Crippen molar-refractivity contribution in [1.82, 2.24) is 24.8 Å². The molecule has 3 heterocycles. The Morgan fingerprint density at radius 2 is 2.07 bits per heavy atom. The first-order chi connectivity index (χ1) is 13.0. The zero-order valence-corrected chi connectivity index (χ0v) is 14.5. The Hall–Kier alpha value is -3.75. The zero-order valence-electron chi connectivity index (χ0n) is 14.5. The Balaban J connectivity index is 1.88. The molecular formula is C18H18N6O3. The minimum absolute atomic E-state index is 0.133. The smallest absolute Gasteiger partial charge is 0.287 e. The van der Waals surface area contributed by atoms with Gasteiger partial charge in [-0.2, -0.15) is 0 Å². The number of nitrogens with zero attached hydrogens (tertiary/aromatic N) is 3. The molecule has 0 aromatic carbocycles. The topological polar surface area (TPSA) is 136 Å². The number of amides is 2. The number of pyridine rings is 1. The Labute approximate surface area is 154 Å². The first kappa shape index (κ1) is 18.1. The predicted octanol–water partition coefficient (Wildman–Crippen LogP) is 0.299. The number of carbonyl (C=O) groups is 3. The van der Waals surface area contributed by atoms with E-state index in [0.717, 1.165) is 5.56 Å². The summed E-state index contributed by atoms with van der Waals surface area (Å²) < 4.78 is 1.57. The third-order valence-corrected chi connectivity index (χ3v) is 4.02. The maximum absolute atomic E-state index is 12.8. The molecule has 9 heteroatoms. The quantitative estimate of drug-likeness (QED) is 0.517. The summed E-state index contributed by atoms with van der Waals surface area (Å²) in [5, 5.41) is 2.58. The number of carbonyl (C=O) groups excluding carboxylic acids is 3. The van der Waals surface area contributed by atoms with Gasteiger partial charge in [0.2, 0.25) is 5.78 Å². The van der Waals surface area contributed by atoms with E-state index in [1.165, 1.54) is 6.20 Å². The Morgan fingerprint density at radius 1 is 1.26 bits per heavy atom. The molecule has 0 saturated heterocycles. The van der Waals surface area contributed by atoms with E-state index in [9.17, 15) is 14.4 Å². The van der Waals surface area contributed by atoms with Crippen LogP contribution in [0.4, 0.5) is 0 Å². The van der Waals surface area contributed by atoms with Crippen LogP contribution in [0.25, 0.3) is 5.82 Å². The second-order valence-electron chi connectivity index (χ2n) is 5.89. The molecule has 3 aromatic heterocycles. The van der Waals surface area contributed by atoms with Crippen LogP contribution in [0, 0.1) is 6.92 Å². The minimum atomic E-state index is -1.11. The van der Waals surface area contributed by atoms with Crippen LogP contribution in [-0.4, -0.2) is 43.2 Å². The number of aromatic amines is 1. The van der Waals surface area contributed by atoms with E-state index in [-0.39, 0.29) is 12.1 Å². The number of aryl methyl sites for hydroxylation is 1. The number of Topliss-reactive ketones (excluding diaryl/α,β-unsaturated/α-hetero) is 1. The molecule has 9 nitrogen and oxygen atoms in total. The zero-order chi connectivity index (χ0) is 19.4. The highest BCUT2D eigenvalue weighted by Crippen LogP contribution is 2.13. The van der Waals surface area contributed by atoms with Gasteiger partial charge in [0.15, 0.2) is 0 Å². The Bertz CT molecular complexity index is 962. The molecule has 0 aliphatic heterocycles. The highest BCUT2D eigenvalue weighted by molar-refractivity contribution is 6.38. The summed E-state index contributed by atoms with van der Waals surface area (Å²) in [5.41, 5.74) is 6.08. The molecule has 4 N–H and O–H groups in total. The van der Waals surface area contributed by atoms with Crippen molar-refractivity contribution < 1.29 is 14.4 Å². The molecule has 0 aliphatic carbocycles. The van der Waals surface area contributed by atoms with Crippen LogP contribution in [0.15, 0.2) is 49.1 Å². The molecule has 138 valence electrons. The molecule has 0 aliphatic rings. The average Bonchev–Trinajstić information content (AvgIpc) is 3.30. The monoisotopic (exact) mass is 366 g/mol. The summed E-state index contributed by atoms with van der Waals surface area (Å²) in [5.74, 6) is -1.46. The minimum Gasteiger partial charge on any atom is -0.367 e. The van der Waals surface area contributed by atoms with Gasteiger partial charge in [-0.3, -0.25) is 19.0 Å².